The number of carbonyl (C=O) groups excluding carboxylic acids is 3. The van der Waals surface area contributed by atoms with E-state index in [2.05, 4.69) is 5.32 Å². The summed E-state index contributed by atoms with van der Waals surface area (Å²) in [6.45, 7) is 1.13. The normalized spacial score (nSPS) is 26.0. The van der Waals surface area contributed by atoms with E-state index in [1.165, 1.54) is 16.7 Å². The van der Waals surface area contributed by atoms with Crippen LogP contribution in [0.4, 0.5) is 4.79 Å². The summed E-state index contributed by atoms with van der Waals surface area (Å²) in [4.78, 5) is 48.4. The van der Waals surface area contributed by atoms with Crippen molar-refractivity contribution in [2.75, 3.05) is 25.4 Å². The maximum absolute atomic E-state index is 12.0. The zero-order valence-corrected chi connectivity index (χ0v) is 12.9. The number of hydrogen-bond donors (Lipinski definition) is 2. The Morgan fingerprint density at radius 3 is 2.74 bits per heavy atom. The molecule has 3 aliphatic rings. The van der Waals surface area contributed by atoms with Crippen molar-refractivity contribution in [3.63, 3.8) is 0 Å². The van der Waals surface area contributed by atoms with Crippen LogP contribution in [0.3, 0.4) is 0 Å². The van der Waals surface area contributed by atoms with Crippen LogP contribution in [-0.2, 0) is 19.1 Å². The maximum Gasteiger partial charge on any atom is 0.410 e. The molecular weight excluding hydrogens is 326 g/mol. The lowest BCUT2D eigenvalue weighted by atomic mass is 10.0. The van der Waals surface area contributed by atoms with E-state index in [1.54, 1.807) is 0 Å². The highest BCUT2D eigenvalue weighted by atomic mass is 32.2. The Morgan fingerprint density at radius 2 is 2.17 bits per heavy atom. The molecule has 0 saturated carbocycles. The van der Waals surface area contributed by atoms with Crippen LogP contribution < -0.4 is 5.32 Å². The van der Waals surface area contributed by atoms with Crippen molar-refractivity contribution in [3.8, 4) is 0 Å². The van der Waals surface area contributed by atoms with E-state index in [1.807, 2.05) is 0 Å². The molecule has 2 atom stereocenters. The number of nitrogens with one attached hydrogen (secondary N) is 1. The van der Waals surface area contributed by atoms with Gasteiger partial charge >= 0.3 is 12.1 Å². The summed E-state index contributed by atoms with van der Waals surface area (Å²) in [5, 5.41) is 11.3. The predicted octanol–water partition coefficient (Wildman–Crippen LogP) is -0.803. The van der Waals surface area contributed by atoms with E-state index in [9.17, 15) is 24.3 Å². The minimum Gasteiger partial charge on any atom is -0.477 e. The second-order valence-electron chi connectivity index (χ2n) is 5.32. The molecule has 2 fully saturated rings. The van der Waals surface area contributed by atoms with Crippen LogP contribution in [0.1, 0.15) is 6.42 Å². The van der Waals surface area contributed by atoms with Gasteiger partial charge in [0.15, 0.2) is 0 Å². The SMILES string of the molecule is O=CNC1C(=O)N2C(C(=O)O)=C(COC(=O)N3CCC3)CS[C@@H]12. The fourth-order valence-electron chi connectivity index (χ4n) is 2.63. The van der Waals surface area contributed by atoms with E-state index in [0.717, 1.165) is 11.3 Å². The highest BCUT2D eigenvalue weighted by Gasteiger charge is 2.53. The highest BCUT2D eigenvalue weighted by molar-refractivity contribution is 8.00. The van der Waals surface area contributed by atoms with Gasteiger partial charge in [-0.25, -0.2) is 9.59 Å². The molecule has 1 unspecified atom stereocenters. The molecule has 0 radical (unpaired) electrons. The van der Waals surface area contributed by atoms with Gasteiger partial charge in [-0.05, 0) is 6.42 Å². The molecule has 2 N–H and O–H groups in total. The summed E-state index contributed by atoms with van der Waals surface area (Å²) < 4.78 is 5.13. The van der Waals surface area contributed by atoms with Gasteiger partial charge in [-0.15, -0.1) is 11.8 Å². The number of hydrogen-bond acceptors (Lipinski definition) is 6. The lowest BCUT2D eigenvalue weighted by molar-refractivity contribution is -0.149. The Kier molecular flexibility index (Phi) is 4.16. The van der Waals surface area contributed by atoms with Crippen molar-refractivity contribution in [1.29, 1.82) is 0 Å². The molecule has 3 rings (SSSR count). The smallest absolute Gasteiger partial charge is 0.410 e. The first kappa shape index (κ1) is 15.7. The van der Waals surface area contributed by atoms with Gasteiger partial charge in [0.1, 0.15) is 23.7 Å². The number of β-lactam (4-membered cyclic amide) rings is 1. The molecular formula is C13H15N3O6S. The number of likely N-dealkylation sites (tertiary alicyclic amines) is 1. The van der Waals surface area contributed by atoms with E-state index in [0.29, 0.717) is 30.8 Å². The fraction of sp³-hybridized carbons (Fsp3) is 0.538. The van der Waals surface area contributed by atoms with Crippen molar-refractivity contribution in [3.05, 3.63) is 11.3 Å². The van der Waals surface area contributed by atoms with Crippen molar-refractivity contribution < 1.29 is 29.0 Å². The van der Waals surface area contributed by atoms with Crippen molar-refractivity contribution in [1.82, 2.24) is 15.1 Å². The maximum atomic E-state index is 12.0. The number of thioether (sulfide) groups is 1. The molecule has 10 heteroatoms. The predicted molar refractivity (Wildman–Crippen MR) is 78.3 cm³/mol. The van der Waals surface area contributed by atoms with E-state index in [-0.39, 0.29) is 12.3 Å². The van der Waals surface area contributed by atoms with Crippen LogP contribution in [0.25, 0.3) is 0 Å². The van der Waals surface area contributed by atoms with Crippen LogP contribution in [0.5, 0.6) is 0 Å². The Hall–Kier alpha value is -2.23. The molecule has 0 aromatic rings. The van der Waals surface area contributed by atoms with E-state index >= 15 is 0 Å². The number of carboxylic acids is 1. The van der Waals surface area contributed by atoms with E-state index in [4.69, 9.17) is 4.74 Å². The van der Waals surface area contributed by atoms with Crippen molar-refractivity contribution in [2.45, 2.75) is 17.8 Å². The summed E-state index contributed by atoms with van der Waals surface area (Å²) in [6, 6.07) is -0.711. The Morgan fingerprint density at radius 1 is 1.43 bits per heavy atom. The van der Waals surface area contributed by atoms with Crippen LogP contribution in [0, 0.1) is 0 Å². The lowest BCUT2D eigenvalue weighted by Gasteiger charge is -2.49. The van der Waals surface area contributed by atoms with Crippen LogP contribution in [0.2, 0.25) is 0 Å². The van der Waals surface area contributed by atoms with Crippen molar-refractivity contribution >= 4 is 36.1 Å². The fourth-order valence-corrected chi connectivity index (χ4v) is 3.96. The minimum absolute atomic E-state index is 0.154. The first-order chi connectivity index (χ1) is 11.0. The third-order valence-corrected chi connectivity index (χ3v) is 5.32. The quantitative estimate of drug-likeness (QED) is 0.496. The second-order valence-corrected chi connectivity index (χ2v) is 6.43. The van der Waals surface area contributed by atoms with Gasteiger partial charge in [0, 0.05) is 24.4 Å². The first-order valence-electron chi connectivity index (χ1n) is 7.06. The number of ether oxygens (including phenoxy) is 1. The largest absolute Gasteiger partial charge is 0.477 e. The zero-order chi connectivity index (χ0) is 16.6. The third kappa shape index (κ3) is 2.62. The van der Waals surface area contributed by atoms with Gasteiger partial charge < -0.3 is 20.1 Å². The topological polar surface area (TPSA) is 116 Å². The zero-order valence-electron chi connectivity index (χ0n) is 12.1. The number of amides is 3. The number of rotatable bonds is 5. The summed E-state index contributed by atoms with van der Waals surface area (Å²) in [5.41, 5.74) is 0.227. The third-order valence-electron chi connectivity index (χ3n) is 3.98. The Bertz CT molecular complexity index is 603. The average Bonchev–Trinajstić information content (AvgIpc) is 2.47. The molecule has 3 aliphatic heterocycles. The highest BCUT2D eigenvalue weighted by Crippen LogP contribution is 2.40. The number of carboxylic acid groups (broad SMARTS) is 1. The van der Waals surface area contributed by atoms with Gasteiger partial charge in [-0.1, -0.05) is 0 Å². The van der Waals surface area contributed by atoms with Gasteiger partial charge in [0.2, 0.25) is 6.41 Å². The molecule has 3 heterocycles. The number of aliphatic carboxylic acids is 1. The number of nitrogens with zero attached hydrogens (tertiary/aromatic N) is 2. The molecule has 23 heavy (non-hydrogen) atoms. The molecule has 0 aromatic carbocycles. The van der Waals surface area contributed by atoms with Crippen LogP contribution >= 0.6 is 11.8 Å². The van der Waals surface area contributed by atoms with Gasteiger partial charge in [-0.2, -0.15) is 0 Å². The second kappa shape index (κ2) is 6.11. The van der Waals surface area contributed by atoms with Crippen LogP contribution in [-0.4, -0.2) is 76.2 Å². The number of fused-ring (bicyclic) bond motifs is 1. The summed E-state index contributed by atoms with van der Waals surface area (Å²) in [5.74, 6) is -1.40. The average molecular weight is 341 g/mol. The molecule has 9 nitrogen and oxygen atoms in total. The van der Waals surface area contributed by atoms with Crippen molar-refractivity contribution in [2.24, 2.45) is 0 Å². The van der Waals surface area contributed by atoms with Gasteiger partial charge in [0.25, 0.3) is 5.91 Å². The molecule has 0 spiro atoms. The summed E-state index contributed by atoms with van der Waals surface area (Å²) in [7, 11) is 0. The molecule has 0 aliphatic carbocycles. The van der Waals surface area contributed by atoms with E-state index < -0.39 is 29.4 Å². The Balaban J connectivity index is 1.72. The minimum atomic E-state index is -1.25. The first-order valence-corrected chi connectivity index (χ1v) is 8.11. The lowest BCUT2D eigenvalue weighted by Crippen LogP contribution is -2.69. The summed E-state index contributed by atoms with van der Waals surface area (Å²) in [6.07, 6.45) is 0.883. The molecule has 124 valence electrons. The monoisotopic (exact) mass is 341 g/mol. The van der Waals surface area contributed by atoms with Gasteiger partial charge in [0.05, 0.1) is 0 Å². The summed E-state index contributed by atoms with van der Waals surface area (Å²) >= 11 is 1.33. The Labute approximate surface area is 135 Å². The van der Waals surface area contributed by atoms with Crippen LogP contribution in [0.15, 0.2) is 11.3 Å². The molecule has 2 saturated heterocycles. The standard InChI is InChI=1S/C13H15N3O6S/c17-6-14-8-10(18)16-9(12(19)20)7(5-23-11(8)16)4-22-13(21)15-2-1-3-15/h6,8,11H,1-5H2,(H,14,17)(H,19,20)/t8?,11-/m0/s1. The molecule has 3 amide bonds. The van der Waals surface area contributed by atoms with Gasteiger partial charge in [-0.3, -0.25) is 14.5 Å². The molecule has 0 bridgehead atoms. The molecule has 0 aromatic heterocycles. The number of carbonyl (C=O) groups is 4.